The quantitative estimate of drug-likeness (QED) is 0.932. The zero-order valence-electron chi connectivity index (χ0n) is 11.8. The number of amides is 2. The summed E-state index contributed by atoms with van der Waals surface area (Å²) in [6, 6.07) is 6.54. The summed E-state index contributed by atoms with van der Waals surface area (Å²) >= 11 is 7.11. The van der Waals surface area contributed by atoms with E-state index in [0.29, 0.717) is 34.5 Å². The summed E-state index contributed by atoms with van der Waals surface area (Å²) in [5.74, 6) is 0.409. The van der Waals surface area contributed by atoms with Gasteiger partial charge in [0.05, 0.1) is 22.0 Å². The Morgan fingerprint density at radius 2 is 2.27 bits per heavy atom. The van der Waals surface area contributed by atoms with Crippen molar-refractivity contribution in [2.24, 2.45) is 0 Å². The molecule has 2 aromatic rings. The van der Waals surface area contributed by atoms with Gasteiger partial charge >= 0.3 is 0 Å². The Labute approximate surface area is 136 Å². The fourth-order valence-electron chi connectivity index (χ4n) is 2.56. The van der Waals surface area contributed by atoms with Gasteiger partial charge in [-0.2, -0.15) is 0 Å². The molecule has 1 fully saturated rings. The summed E-state index contributed by atoms with van der Waals surface area (Å²) in [4.78, 5) is 27.0. The van der Waals surface area contributed by atoms with E-state index in [2.05, 4.69) is 5.32 Å². The normalized spacial score (nSPS) is 17.7. The molecule has 0 radical (unpaired) electrons. The van der Waals surface area contributed by atoms with Gasteiger partial charge in [0.1, 0.15) is 11.8 Å². The molecule has 3 rings (SSSR count). The number of carbonyl (C=O) groups is 2. The molecule has 1 atom stereocenters. The van der Waals surface area contributed by atoms with Crippen LogP contribution in [0.25, 0.3) is 0 Å². The van der Waals surface area contributed by atoms with Crippen LogP contribution in [0.5, 0.6) is 0 Å². The number of halogens is 1. The summed E-state index contributed by atoms with van der Waals surface area (Å²) in [6.45, 7) is 0.919. The molecule has 116 valence electrons. The van der Waals surface area contributed by atoms with Gasteiger partial charge in [0.15, 0.2) is 0 Å². The third-order valence-corrected chi connectivity index (χ3v) is 4.84. The molecule has 2 amide bonds. The molecule has 1 saturated heterocycles. The maximum atomic E-state index is 12.5. The van der Waals surface area contributed by atoms with E-state index in [-0.39, 0.29) is 11.8 Å². The van der Waals surface area contributed by atoms with Crippen LogP contribution in [0.15, 0.2) is 34.9 Å². The molecular weight excluding hydrogens is 324 g/mol. The van der Waals surface area contributed by atoms with Gasteiger partial charge in [-0.15, -0.1) is 11.3 Å². The molecule has 1 unspecified atom stereocenters. The van der Waals surface area contributed by atoms with E-state index < -0.39 is 6.04 Å². The molecule has 5 nitrogen and oxygen atoms in total. The Kier molecular flexibility index (Phi) is 4.49. The van der Waals surface area contributed by atoms with Gasteiger partial charge in [0, 0.05) is 6.54 Å². The number of nitrogens with one attached hydrogen (secondary N) is 1. The van der Waals surface area contributed by atoms with Crippen molar-refractivity contribution < 1.29 is 14.0 Å². The van der Waals surface area contributed by atoms with Gasteiger partial charge in [0.25, 0.3) is 5.91 Å². The van der Waals surface area contributed by atoms with Gasteiger partial charge < -0.3 is 14.6 Å². The van der Waals surface area contributed by atoms with Crippen LogP contribution >= 0.6 is 22.9 Å². The Bertz CT molecular complexity index is 668. The number of nitrogens with zero attached hydrogens (tertiary/aromatic N) is 1. The minimum Gasteiger partial charge on any atom is -0.467 e. The van der Waals surface area contributed by atoms with E-state index in [0.717, 1.165) is 6.42 Å². The first-order chi connectivity index (χ1) is 10.6. The van der Waals surface area contributed by atoms with Crippen molar-refractivity contribution in [3.8, 4) is 0 Å². The predicted molar refractivity (Wildman–Crippen MR) is 83.9 cm³/mol. The summed E-state index contributed by atoms with van der Waals surface area (Å²) in [7, 11) is 0. The maximum absolute atomic E-state index is 12.5. The molecule has 7 heteroatoms. The highest BCUT2D eigenvalue weighted by Crippen LogP contribution is 2.26. The zero-order valence-corrected chi connectivity index (χ0v) is 13.3. The molecule has 0 bridgehead atoms. The van der Waals surface area contributed by atoms with Crippen molar-refractivity contribution >= 4 is 34.8 Å². The van der Waals surface area contributed by atoms with Gasteiger partial charge in [-0.05, 0) is 37.1 Å². The second-order valence-corrected chi connectivity index (χ2v) is 6.77. The Hall–Kier alpha value is -1.79. The van der Waals surface area contributed by atoms with Crippen molar-refractivity contribution in [1.29, 1.82) is 0 Å². The van der Waals surface area contributed by atoms with Gasteiger partial charge in [-0.25, -0.2) is 0 Å². The van der Waals surface area contributed by atoms with E-state index >= 15 is 0 Å². The molecule has 0 spiro atoms. The lowest BCUT2D eigenvalue weighted by atomic mass is 10.2. The summed E-state index contributed by atoms with van der Waals surface area (Å²) in [6.07, 6.45) is 3.06. The lowest BCUT2D eigenvalue weighted by molar-refractivity contribution is -0.125. The van der Waals surface area contributed by atoms with Crippen LogP contribution in [-0.4, -0.2) is 29.3 Å². The summed E-state index contributed by atoms with van der Waals surface area (Å²) in [5.41, 5.74) is 0. The minimum atomic E-state index is -0.427. The first kappa shape index (κ1) is 15.1. The van der Waals surface area contributed by atoms with Crippen LogP contribution in [0.2, 0.25) is 4.34 Å². The highest BCUT2D eigenvalue weighted by atomic mass is 35.5. The number of furan rings is 1. The van der Waals surface area contributed by atoms with Crippen molar-refractivity contribution in [3.05, 3.63) is 45.5 Å². The van der Waals surface area contributed by atoms with Gasteiger partial charge in [0.2, 0.25) is 5.91 Å². The fraction of sp³-hybridized carbons (Fsp3) is 0.333. The number of carbonyl (C=O) groups excluding carboxylic acids is 2. The van der Waals surface area contributed by atoms with Gasteiger partial charge in [-0.1, -0.05) is 11.6 Å². The Morgan fingerprint density at radius 3 is 2.95 bits per heavy atom. The average molecular weight is 339 g/mol. The number of rotatable bonds is 4. The lowest BCUT2D eigenvalue weighted by Gasteiger charge is -2.23. The molecule has 0 saturated carbocycles. The van der Waals surface area contributed by atoms with Crippen molar-refractivity contribution in [1.82, 2.24) is 10.2 Å². The lowest BCUT2D eigenvalue weighted by Crippen LogP contribution is -2.45. The first-order valence-electron chi connectivity index (χ1n) is 7.01. The van der Waals surface area contributed by atoms with Crippen LogP contribution in [0.3, 0.4) is 0 Å². The minimum absolute atomic E-state index is 0.132. The second-order valence-electron chi connectivity index (χ2n) is 5.06. The van der Waals surface area contributed by atoms with E-state index in [4.69, 9.17) is 16.0 Å². The van der Waals surface area contributed by atoms with E-state index in [1.165, 1.54) is 11.3 Å². The monoisotopic (exact) mass is 338 g/mol. The smallest absolute Gasteiger partial charge is 0.264 e. The number of likely N-dealkylation sites (tertiary alicyclic amines) is 1. The average Bonchev–Trinajstić information content (AvgIpc) is 3.24. The van der Waals surface area contributed by atoms with Crippen LogP contribution < -0.4 is 5.32 Å². The van der Waals surface area contributed by atoms with Crippen molar-refractivity contribution in [2.45, 2.75) is 25.4 Å². The Balaban J connectivity index is 1.64. The van der Waals surface area contributed by atoms with Crippen molar-refractivity contribution in [3.63, 3.8) is 0 Å². The van der Waals surface area contributed by atoms with Gasteiger partial charge in [-0.3, -0.25) is 9.59 Å². The largest absolute Gasteiger partial charge is 0.467 e. The Morgan fingerprint density at radius 1 is 1.41 bits per heavy atom. The molecular formula is C15H15ClN2O3S. The molecule has 1 aliphatic rings. The molecule has 22 heavy (non-hydrogen) atoms. The van der Waals surface area contributed by atoms with E-state index in [9.17, 15) is 9.59 Å². The highest BCUT2D eigenvalue weighted by molar-refractivity contribution is 7.17. The highest BCUT2D eigenvalue weighted by Gasteiger charge is 2.34. The zero-order chi connectivity index (χ0) is 15.5. The number of thiophene rings is 1. The van der Waals surface area contributed by atoms with Crippen molar-refractivity contribution in [2.75, 3.05) is 6.54 Å². The molecule has 1 aliphatic heterocycles. The van der Waals surface area contributed by atoms with E-state index in [1.807, 2.05) is 0 Å². The summed E-state index contributed by atoms with van der Waals surface area (Å²) in [5, 5.41) is 2.82. The molecule has 0 aromatic carbocycles. The third kappa shape index (κ3) is 3.18. The molecule has 3 heterocycles. The predicted octanol–water partition coefficient (Wildman–Crippen LogP) is 2.92. The number of hydrogen-bond donors (Lipinski definition) is 1. The third-order valence-electron chi connectivity index (χ3n) is 3.62. The maximum Gasteiger partial charge on any atom is 0.264 e. The molecule has 1 N–H and O–H groups in total. The fourth-order valence-corrected chi connectivity index (χ4v) is 3.56. The van der Waals surface area contributed by atoms with E-state index in [1.54, 1.807) is 35.4 Å². The molecule has 2 aromatic heterocycles. The first-order valence-corrected chi connectivity index (χ1v) is 8.21. The second kappa shape index (κ2) is 6.54. The van der Waals surface area contributed by atoms with Crippen LogP contribution in [0.1, 0.15) is 28.3 Å². The van der Waals surface area contributed by atoms with Crippen LogP contribution in [-0.2, 0) is 11.3 Å². The topological polar surface area (TPSA) is 62.6 Å². The van der Waals surface area contributed by atoms with Crippen LogP contribution in [0, 0.1) is 0 Å². The standard InChI is InChI=1S/C15H15ClN2O3S/c16-13-6-5-12(22-13)15(20)18-7-1-4-11(18)14(19)17-9-10-3-2-8-21-10/h2-3,5-6,8,11H,1,4,7,9H2,(H,17,19). The SMILES string of the molecule is O=C(NCc1ccco1)C1CCCN1C(=O)c1ccc(Cl)s1. The number of hydrogen-bond acceptors (Lipinski definition) is 4. The summed E-state index contributed by atoms with van der Waals surface area (Å²) < 4.78 is 5.76. The van der Waals surface area contributed by atoms with Crippen LogP contribution in [0.4, 0.5) is 0 Å². The molecule has 0 aliphatic carbocycles.